The number of benzene rings is 2. The van der Waals surface area contributed by atoms with Crippen molar-refractivity contribution in [2.24, 2.45) is 0 Å². The van der Waals surface area contributed by atoms with E-state index < -0.39 is 0 Å². The number of esters is 1. The van der Waals surface area contributed by atoms with E-state index in [2.05, 4.69) is 0 Å². The van der Waals surface area contributed by atoms with Crippen molar-refractivity contribution in [2.45, 2.75) is 20.4 Å². The summed E-state index contributed by atoms with van der Waals surface area (Å²) in [6.45, 7) is 5.40. The third kappa shape index (κ3) is 6.33. The van der Waals surface area contributed by atoms with Crippen molar-refractivity contribution in [2.75, 3.05) is 26.3 Å². The van der Waals surface area contributed by atoms with Crippen molar-refractivity contribution in [3.05, 3.63) is 65.7 Å². The van der Waals surface area contributed by atoms with Crippen LogP contribution < -0.4 is 4.74 Å². The number of Topliss-reactive ketones (excluding diaryl/α,β-unsaturated/α-hetero) is 1. The maximum Gasteiger partial charge on any atom is 0.320 e. The van der Waals surface area contributed by atoms with Gasteiger partial charge in [-0.15, -0.1) is 0 Å². The third-order valence-electron chi connectivity index (χ3n) is 3.84. The first kappa shape index (κ1) is 19.7. The van der Waals surface area contributed by atoms with E-state index in [0.29, 0.717) is 37.6 Å². The minimum Gasteiger partial charge on any atom is -0.491 e. The van der Waals surface area contributed by atoms with Crippen molar-refractivity contribution in [3.8, 4) is 5.75 Å². The lowest BCUT2D eigenvalue weighted by Gasteiger charge is -2.22. The predicted octanol–water partition coefficient (Wildman–Crippen LogP) is 3.33. The summed E-state index contributed by atoms with van der Waals surface area (Å²) in [6, 6.07) is 17.1. The normalized spacial score (nSPS) is 10.6. The number of ketones is 1. The Kier molecular flexibility index (Phi) is 7.83. The molecule has 5 nitrogen and oxygen atoms in total. The number of carbonyl (C=O) groups is 2. The van der Waals surface area contributed by atoms with Crippen molar-refractivity contribution < 1.29 is 19.1 Å². The van der Waals surface area contributed by atoms with Crippen molar-refractivity contribution >= 4 is 11.8 Å². The molecule has 2 aromatic carbocycles. The highest BCUT2D eigenvalue weighted by Crippen LogP contribution is 2.18. The van der Waals surface area contributed by atoms with Crippen molar-refractivity contribution in [3.63, 3.8) is 0 Å². The third-order valence-corrected chi connectivity index (χ3v) is 3.84. The molecule has 0 bridgehead atoms. The molecule has 0 saturated heterocycles. The molecule has 0 N–H and O–H groups in total. The lowest BCUT2D eigenvalue weighted by Crippen LogP contribution is -2.34. The van der Waals surface area contributed by atoms with Crippen LogP contribution in [-0.2, 0) is 16.1 Å². The molecule has 138 valence electrons. The van der Waals surface area contributed by atoms with Crippen LogP contribution in [0.25, 0.3) is 0 Å². The monoisotopic (exact) mass is 355 g/mol. The molecule has 0 radical (unpaired) electrons. The fourth-order valence-electron chi connectivity index (χ4n) is 2.61. The van der Waals surface area contributed by atoms with Crippen LogP contribution in [0.15, 0.2) is 54.6 Å². The van der Waals surface area contributed by atoms with Crippen LogP contribution in [0.4, 0.5) is 0 Å². The SMILES string of the molecule is CCOC(=O)CN(CCOc1ccccc1C(C)=O)Cc1ccccc1. The Balaban J connectivity index is 1.97. The second kappa shape index (κ2) is 10.4. The van der Waals surface area contributed by atoms with Gasteiger partial charge in [0.25, 0.3) is 0 Å². The molecule has 0 saturated carbocycles. The second-order valence-electron chi connectivity index (χ2n) is 5.90. The van der Waals surface area contributed by atoms with Crippen LogP contribution in [0.5, 0.6) is 5.75 Å². The highest BCUT2D eigenvalue weighted by molar-refractivity contribution is 5.96. The lowest BCUT2D eigenvalue weighted by molar-refractivity contribution is -0.144. The molecule has 0 fully saturated rings. The molecule has 0 spiro atoms. The van der Waals surface area contributed by atoms with Gasteiger partial charge in [0.15, 0.2) is 5.78 Å². The summed E-state index contributed by atoms with van der Waals surface area (Å²) >= 11 is 0. The minimum atomic E-state index is -0.257. The van der Waals surface area contributed by atoms with Gasteiger partial charge in [-0.05, 0) is 31.5 Å². The average Bonchev–Trinajstić information content (AvgIpc) is 2.63. The Morgan fingerprint density at radius 1 is 1.00 bits per heavy atom. The predicted molar refractivity (Wildman–Crippen MR) is 100 cm³/mol. The van der Waals surface area contributed by atoms with Crippen LogP contribution >= 0.6 is 0 Å². The fraction of sp³-hybridized carbons (Fsp3) is 0.333. The summed E-state index contributed by atoms with van der Waals surface area (Å²) in [5.74, 6) is 0.275. The molecule has 26 heavy (non-hydrogen) atoms. The molecule has 5 heteroatoms. The zero-order valence-corrected chi connectivity index (χ0v) is 15.3. The van der Waals surface area contributed by atoms with E-state index in [9.17, 15) is 9.59 Å². The standard InChI is InChI=1S/C21H25NO4/c1-3-25-21(24)16-22(15-18-9-5-4-6-10-18)13-14-26-20-12-8-7-11-19(20)17(2)23/h4-12H,3,13-16H2,1-2H3. The molecule has 0 atom stereocenters. The summed E-state index contributed by atoms with van der Waals surface area (Å²) in [5.41, 5.74) is 1.67. The van der Waals surface area contributed by atoms with Crippen LogP contribution in [0.3, 0.4) is 0 Å². The molecule has 0 aliphatic carbocycles. The zero-order chi connectivity index (χ0) is 18.8. The van der Waals surface area contributed by atoms with E-state index in [1.165, 1.54) is 6.92 Å². The summed E-state index contributed by atoms with van der Waals surface area (Å²) in [4.78, 5) is 25.5. The number of hydrogen-bond acceptors (Lipinski definition) is 5. The molecule has 0 aliphatic heterocycles. The summed E-state index contributed by atoms with van der Waals surface area (Å²) in [6.07, 6.45) is 0. The Hall–Kier alpha value is -2.66. The van der Waals surface area contributed by atoms with E-state index in [0.717, 1.165) is 5.56 Å². The first-order chi connectivity index (χ1) is 12.6. The zero-order valence-electron chi connectivity index (χ0n) is 15.3. The number of rotatable bonds is 10. The molecular formula is C21H25NO4. The Morgan fingerprint density at radius 3 is 2.38 bits per heavy atom. The van der Waals surface area contributed by atoms with Gasteiger partial charge in [0.1, 0.15) is 12.4 Å². The smallest absolute Gasteiger partial charge is 0.320 e. The summed E-state index contributed by atoms with van der Waals surface area (Å²) < 4.78 is 10.9. The number of carbonyl (C=O) groups excluding carboxylic acids is 2. The maximum atomic E-state index is 11.9. The first-order valence-corrected chi connectivity index (χ1v) is 8.74. The maximum absolute atomic E-state index is 11.9. The number of hydrogen-bond donors (Lipinski definition) is 0. The Morgan fingerprint density at radius 2 is 1.69 bits per heavy atom. The van der Waals surface area contributed by atoms with Crippen LogP contribution in [0, 0.1) is 0 Å². The van der Waals surface area contributed by atoms with Gasteiger partial charge in [0, 0.05) is 13.1 Å². The molecule has 0 heterocycles. The molecule has 0 aliphatic rings. The lowest BCUT2D eigenvalue weighted by atomic mass is 10.1. The number of para-hydroxylation sites is 1. The quantitative estimate of drug-likeness (QED) is 0.483. The Labute approximate surface area is 154 Å². The molecule has 2 rings (SSSR count). The molecule has 2 aromatic rings. The molecule has 0 aromatic heterocycles. The molecular weight excluding hydrogens is 330 g/mol. The van der Waals surface area contributed by atoms with Gasteiger partial charge < -0.3 is 9.47 Å². The second-order valence-corrected chi connectivity index (χ2v) is 5.90. The van der Waals surface area contributed by atoms with E-state index in [-0.39, 0.29) is 18.3 Å². The van der Waals surface area contributed by atoms with Gasteiger partial charge in [-0.3, -0.25) is 14.5 Å². The van der Waals surface area contributed by atoms with Gasteiger partial charge in [-0.1, -0.05) is 42.5 Å². The fourth-order valence-corrected chi connectivity index (χ4v) is 2.61. The largest absolute Gasteiger partial charge is 0.491 e. The van der Waals surface area contributed by atoms with E-state index >= 15 is 0 Å². The van der Waals surface area contributed by atoms with Crippen LogP contribution in [0.1, 0.15) is 29.8 Å². The van der Waals surface area contributed by atoms with Gasteiger partial charge in [-0.2, -0.15) is 0 Å². The van der Waals surface area contributed by atoms with Crippen LogP contribution in [0.2, 0.25) is 0 Å². The highest BCUT2D eigenvalue weighted by atomic mass is 16.5. The van der Waals surface area contributed by atoms with E-state index in [1.807, 2.05) is 47.4 Å². The minimum absolute atomic E-state index is 0.0340. The van der Waals surface area contributed by atoms with Crippen molar-refractivity contribution in [1.29, 1.82) is 0 Å². The highest BCUT2D eigenvalue weighted by Gasteiger charge is 2.13. The number of nitrogens with zero attached hydrogens (tertiary/aromatic N) is 1. The van der Waals surface area contributed by atoms with E-state index in [1.54, 1.807) is 19.1 Å². The Bertz CT molecular complexity index is 715. The van der Waals surface area contributed by atoms with Gasteiger partial charge in [0.05, 0.1) is 18.7 Å². The number of ether oxygens (including phenoxy) is 2. The summed E-state index contributed by atoms with van der Waals surface area (Å²) in [5, 5.41) is 0. The van der Waals surface area contributed by atoms with E-state index in [4.69, 9.17) is 9.47 Å². The molecule has 0 unspecified atom stereocenters. The van der Waals surface area contributed by atoms with Gasteiger partial charge in [-0.25, -0.2) is 0 Å². The van der Waals surface area contributed by atoms with Crippen LogP contribution in [-0.4, -0.2) is 43.0 Å². The average molecular weight is 355 g/mol. The molecule has 0 amide bonds. The van der Waals surface area contributed by atoms with Gasteiger partial charge >= 0.3 is 5.97 Å². The summed E-state index contributed by atoms with van der Waals surface area (Å²) in [7, 11) is 0. The van der Waals surface area contributed by atoms with Crippen molar-refractivity contribution in [1.82, 2.24) is 4.90 Å². The van der Waals surface area contributed by atoms with Gasteiger partial charge in [0.2, 0.25) is 0 Å². The topological polar surface area (TPSA) is 55.8 Å². The first-order valence-electron chi connectivity index (χ1n) is 8.74.